The number of aromatic nitrogens is 2. The topological polar surface area (TPSA) is 136 Å². The second kappa shape index (κ2) is 10.4. The number of nitrogens with two attached hydrogens (primary N) is 1. The van der Waals surface area contributed by atoms with Crippen molar-refractivity contribution in [2.75, 3.05) is 18.5 Å². The number of carbonyl (C=O) groups excluding carboxylic acids is 1. The number of rotatable bonds is 9. The minimum absolute atomic E-state index is 0.0933. The van der Waals surface area contributed by atoms with E-state index in [4.69, 9.17) is 9.88 Å². The van der Waals surface area contributed by atoms with Gasteiger partial charge in [0.15, 0.2) is 0 Å². The fourth-order valence-electron chi connectivity index (χ4n) is 3.75. The van der Waals surface area contributed by atoms with Crippen LogP contribution in [-0.4, -0.2) is 37.4 Å². The van der Waals surface area contributed by atoms with Crippen LogP contribution in [0.4, 0.5) is 5.82 Å². The van der Waals surface area contributed by atoms with E-state index in [9.17, 15) is 13.2 Å². The molecule has 2 aromatic carbocycles. The Morgan fingerprint density at radius 2 is 1.94 bits per heavy atom. The number of thiophene rings is 1. The Labute approximate surface area is 207 Å². The van der Waals surface area contributed by atoms with E-state index in [0.29, 0.717) is 29.5 Å². The maximum absolute atomic E-state index is 12.4. The number of carbonyl (C=O) groups is 1. The standard InChI is InChI=1S/C24H25N5O4S2/c1-3-33-20-13-21(34-23(20)24(30)29-35(25,31)32)19-12-22(28-14-27-19)26-11-10-16-8-9-17-6-4-5-7-18(17)15(16)2/h4-9,12-14H,3,10-11H2,1-2H3,(H,29,30)(H2,25,31,32)(H,26,27,28). The third-order valence-electron chi connectivity index (χ3n) is 5.37. The van der Waals surface area contributed by atoms with E-state index in [2.05, 4.69) is 46.5 Å². The van der Waals surface area contributed by atoms with Crippen LogP contribution in [0.5, 0.6) is 5.75 Å². The second-order valence-electron chi connectivity index (χ2n) is 7.75. The van der Waals surface area contributed by atoms with Crippen molar-refractivity contribution < 1.29 is 17.9 Å². The Balaban J connectivity index is 1.50. The van der Waals surface area contributed by atoms with E-state index >= 15 is 0 Å². The molecule has 0 fully saturated rings. The number of hydrogen-bond donors (Lipinski definition) is 3. The Hall–Kier alpha value is -3.54. The lowest BCUT2D eigenvalue weighted by Crippen LogP contribution is -2.35. The van der Waals surface area contributed by atoms with Crippen LogP contribution in [0.3, 0.4) is 0 Å². The molecule has 0 aliphatic rings. The third-order valence-corrected chi connectivity index (χ3v) is 6.98. The van der Waals surface area contributed by atoms with Crippen LogP contribution < -0.4 is 19.9 Å². The Bertz CT molecular complexity index is 1480. The molecule has 4 rings (SSSR count). The maximum atomic E-state index is 12.4. The van der Waals surface area contributed by atoms with Gasteiger partial charge in [-0.25, -0.2) is 19.8 Å². The van der Waals surface area contributed by atoms with Gasteiger partial charge in [-0.2, -0.15) is 8.42 Å². The van der Waals surface area contributed by atoms with Crippen molar-refractivity contribution in [2.24, 2.45) is 5.14 Å². The second-order valence-corrected chi connectivity index (χ2v) is 10.1. The number of nitrogens with zero attached hydrogens (tertiary/aromatic N) is 2. The zero-order valence-electron chi connectivity index (χ0n) is 19.2. The lowest BCUT2D eigenvalue weighted by Gasteiger charge is -2.11. The highest BCUT2D eigenvalue weighted by atomic mass is 32.2. The van der Waals surface area contributed by atoms with Gasteiger partial charge in [-0.3, -0.25) is 4.79 Å². The van der Waals surface area contributed by atoms with Crippen LogP contribution in [0.15, 0.2) is 54.9 Å². The predicted octanol–water partition coefficient (Wildman–Crippen LogP) is 3.65. The summed E-state index contributed by atoms with van der Waals surface area (Å²) in [5.41, 5.74) is 3.10. The van der Waals surface area contributed by atoms with E-state index < -0.39 is 16.1 Å². The predicted molar refractivity (Wildman–Crippen MR) is 138 cm³/mol. The quantitative estimate of drug-likeness (QED) is 0.312. The van der Waals surface area contributed by atoms with E-state index in [1.807, 2.05) is 12.1 Å². The average Bonchev–Trinajstić information content (AvgIpc) is 3.24. The average molecular weight is 512 g/mol. The smallest absolute Gasteiger partial charge is 0.299 e. The molecule has 0 aliphatic heterocycles. The number of fused-ring (bicyclic) bond motifs is 1. The Kier molecular flexibility index (Phi) is 7.29. The number of nitrogens with one attached hydrogen (secondary N) is 2. The van der Waals surface area contributed by atoms with Crippen molar-refractivity contribution in [1.29, 1.82) is 0 Å². The summed E-state index contributed by atoms with van der Waals surface area (Å²) in [4.78, 5) is 21.7. The normalized spacial score (nSPS) is 11.4. The Morgan fingerprint density at radius 1 is 1.14 bits per heavy atom. The molecule has 0 unspecified atom stereocenters. The molecule has 1 amide bonds. The monoisotopic (exact) mass is 511 g/mol. The highest BCUT2D eigenvalue weighted by Gasteiger charge is 2.22. The molecule has 2 heterocycles. The van der Waals surface area contributed by atoms with Crippen LogP contribution >= 0.6 is 11.3 Å². The van der Waals surface area contributed by atoms with E-state index in [1.54, 1.807) is 23.8 Å². The summed E-state index contributed by atoms with van der Waals surface area (Å²) >= 11 is 1.06. The largest absolute Gasteiger partial charge is 0.492 e. The van der Waals surface area contributed by atoms with Crippen molar-refractivity contribution in [2.45, 2.75) is 20.3 Å². The highest BCUT2D eigenvalue weighted by Crippen LogP contribution is 2.36. The first-order valence-corrected chi connectivity index (χ1v) is 13.3. The summed E-state index contributed by atoms with van der Waals surface area (Å²) in [7, 11) is -4.20. The molecule has 0 spiro atoms. The van der Waals surface area contributed by atoms with Crippen molar-refractivity contribution >= 4 is 44.0 Å². The molecule has 35 heavy (non-hydrogen) atoms. The summed E-state index contributed by atoms with van der Waals surface area (Å²) in [5.74, 6) is 0.0363. The van der Waals surface area contributed by atoms with Gasteiger partial charge in [-0.15, -0.1) is 11.3 Å². The molecule has 0 saturated heterocycles. The summed E-state index contributed by atoms with van der Waals surface area (Å²) in [5, 5.41) is 10.7. The Morgan fingerprint density at radius 3 is 2.71 bits per heavy atom. The summed E-state index contributed by atoms with van der Waals surface area (Å²) in [6.45, 7) is 4.88. The van der Waals surface area contributed by atoms with Crippen LogP contribution in [0.1, 0.15) is 27.7 Å². The first-order valence-electron chi connectivity index (χ1n) is 10.9. The minimum atomic E-state index is -4.20. The van der Waals surface area contributed by atoms with Crippen molar-refractivity contribution in [3.05, 3.63) is 70.9 Å². The fourth-order valence-corrected chi connectivity index (χ4v) is 5.14. The van der Waals surface area contributed by atoms with Crippen LogP contribution in [0.2, 0.25) is 0 Å². The van der Waals surface area contributed by atoms with Crippen LogP contribution in [0.25, 0.3) is 21.3 Å². The number of hydrogen-bond acceptors (Lipinski definition) is 8. The first kappa shape index (κ1) is 24.6. The zero-order chi connectivity index (χ0) is 25.0. The SMILES string of the molecule is CCOc1cc(-c2cc(NCCc3ccc4ccccc4c3C)ncn2)sc1C(=O)NS(N)(=O)=O. The van der Waals surface area contributed by atoms with E-state index in [0.717, 1.165) is 17.8 Å². The molecule has 0 aliphatic carbocycles. The van der Waals surface area contributed by atoms with E-state index in [-0.39, 0.29) is 10.6 Å². The molecule has 2 aromatic heterocycles. The minimum Gasteiger partial charge on any atom is -0.492 e. The molecule has 0 saturated carbocycles. The van der Waals surface area contributed by atoms with Crippen LogP contribution in [-0.2, 0) is 16.6 Å². The van der Waals surface area contributed by atoms with Crippen molar-refractivity contribution in [3.8, 4) is 16.3 Å². The number of amides is 1. The molecule has 11 heteroatoms. The number of aryl methyl sites for hydroxylation is 1. The van der Waals surface area contributed by atoms with E-state index in [1.165, 1.54) is 28.2 Å². The van der Waals surface area contributed by atoms with Crippen LogP contribution in [0, 0.1) is 6.92 Å². The van der Waals surface area contributed by atoms with Gasteiger partial charge in [-0.05, 0) is 42.2 Å². The van der Waals surface area contributed by atoms with Gasteiger partial charge in [0, 0.05) is 18.7 Å². The number of anilines is 1. The molecule has 9 nitrogen and oxygen atoms in total. The number of ether oxygens (including phenoxy) is 1. The van der Waals surface area contributed by atoms with Gasteiger partial charge < -0.3 is 10.1 Å². The first-order chi connectivity index (χ1) is 16.7. The van der Waals surface area contributed by atoms with Gasteiger partial charge >= 0.3 is 0 Å². The summed E-state index contributed by atoms with van der Waals surface area (Å²) < 4.78 is 29.8. The highest BCUT2D eigenvalue weighted by molar-refractivity contribution is 7.87. The molecule has 0 atom stereocenters. The fraction of sp³-hybridized carbons (Fsp3) is 0.208. The molecule has 0 radical (unpaired) electrons. The third kappa shape index (κ3) is 5.94. The summed E-state index contributed by atoms with van der Waals surface area (Å²) in [6.07, 6.45) is 2.25. The molecule has 182 valence electrons. The van der Waals surface area contributed by atoms with Gasteiger partial charge in [0.25, 0.3) is 16.1 Å². The van der Waals surface area contributed by atoms with Crippen molar-refractivity contribution in [1.82, 2.24) is 14.7 Å². The molecule has 4 aromatic rings. The lowest BCUT2D eigenvalue weighted by molar-refractivity contribution is 0.0982. The molecular formula is C24H25N5O4S2. The molecule has 4 N–H and O–H groups in total. The van der Waals surface area contributed by atoms with Gasteiger partial charge in [0.05, 0.1) is 17.2 Å². The molecular weight excluding hydrogens is 486 g/mol. The lowest BCUT2D eigenvalue weighted by atomic mass is 9.98. The van der Waals surface area contributed by atoms with Gasteiger partial charge in [0.1, 0.15) is 22.8 Å². The van der Waals surface area contributed by atoms with Crippen molar-refractivity contribution in [3.63, 3.8) is 0 Å². The van der Waals surface area contributed by atoms with Gasteiger partial charge in [-0.1, -0.05) is 36.4 Å². The number of benzene rings is 2. The molecule has 0 bridgehead atoms. The summed E-state index contributed by atoms with van der Waals surface area (Å²) in [6, 6.07) is 16.0. The zero-order valence-corrected chi connectivity index (χ0v) is 20.9. The maximum Gasteiger partial charge on any atom is 0.299 e. The van der Waals surface area contributed by atoms with Gasteiger partial charge in [0.2, 0.25) is 0 Å².